The second-order valence-corrected chi connectivity index (χ2v) is 10.5. The average Bonchev–Trinajstić information content (AvgIpc) is 3.23. The molecule has 37 heavy (non-hydrogen) atoms. The van der Waals surface area contributed by atoms with E-state index in [1.165, 1.54) is 23.5 Å². The van der Waals surface area contributed by atoms with Crippen molar-refractivity contribution in [2.24, 2.45) is 5.92 Å². The summed E-state index contributed by atoms with van der Waals surface area (Å²) in [4.78, 5) is 24.9. The van der Waals surface area contributed by atoms with E-state index in [4.69, 9.17) is 21.6 Å². The number of hydrogen-bond acceptors (Lipinski definition) is 4. The van der Waals surface area contributed by atoms with E-state index in [2.05, 4.69) is 13.8 Å². The summed E-state index contributed by atoms with van der Waals surface area (Å²) in [6.45, 7) is 5.97. The van der Waals surface area contributed by atoms with Crippen LogP contribution in [0.1, 0.15) is 59.2 Å². The fraction of sp³-hybridized carbons (Fsp3) is 0.333. The van der Waals surface area contributed by atoms with Crippen LogP contribution in [0.2, 0.25) is 0 Å². The molecule has 0 fully saturated rings. The molecule has 0 aliphatic rings. The quantitative estimate of drug-likeness (QED) is 0.258. The number of halogens is 4. The molecule has 0 aliphatic heterocycles. The number of aliphatic carboxylic acids is 1. The number of hydrogen-bond donors (Lipinski definition) is 1. The van der Waals surface area contributed by atoms with Gasteiger partial charge in [0.2, 0.25) is 0 Å². The fourth-order valence-corrected chi connectivity index (χ4v) is 5.10. The van der Waals surface area contributed by atoms with Gasteiger partial charge in [0.1, 0.15) is 11.9 Å². The van der Waals surface area contributed by atoms with E-state index in [0.29, 0.717) is 29.2 Å². The lowest BCUT2D eigenvalue weighted by Crippen LogP contribution is -2.24. The van der Waals surface area contributed by atoms with Crippen molar-refractivity contribution >= 4 is 35.0 Å². The molecule has 0 radical (unpaired) electrons. The van der Waals surface area contributed by atoms with Crippen molar-refractivity contribution < 1.29 is 32.6 Å². The van der Waals surface area contributed by atoms with Gasteiger partial charge in [-0.3, -0.25) is 14.0 Å². The van der Waals surface area contributed by atoms with Crippen LogP contribution in [0.5, 0.6) is 5.75 Å². The number of carbonyl (C=O) groups excluding carboxylic acids is 1. The minimum absolute atomic E-state index is 0.122. The smallest absolute Gasteiger partial charge is 0.416 e. The molecule has 5 nitrogen and oxygen atoms in total. The number of thiophene rings is 1. The van der Waals surface area contributed by atoms with Gasteiger partial charge in [0.15, 0.2) is 0 Å². The number of rotatable bonds is 10. The Hall–Kier alpha value is -3.04. The predicted octanol–water partition coefficient (Wildman–Crippen LogP) is 7.98. The molecule has 1 heterocycles. The van der Waals surface area contributed by atoms with Crippen molar-refractivity contribution in [3.8, 4) is 16.2 Å². The number of benzene rings is 2. The number of aryl methyl sites for hydroxylation is 1. The SMILES string of the molecule is Cc1cc(-c2ccc(C(F)(F)F)cc2)sc1C(CC(C)C)Oc1ccc(C(=O)N(Cl)CCC(=O)O)cc1. The largest absolute Gasteiger partial charge is 0.485 e. The van der Waals surface area contributed by atoms with E-state index in [1.54, 1.807) is 24.3 Å². The Kier molecular flexibility index (Phi) is 9.26. The first kappa shape index (κ1) is 28.5. The number of amides is 1. The van der Waals surface area contributed by atoms with E-state index >= 15 is 0 Å². The molecule has 3 aromatic rings. The fourth-order valence-electron chi connectivity index (χ4n) is 3.69. The summed E-state index contributed by atoms with van der Waals surface area (Å²) >= 11 is 7.39. The molecule has 198 valence electrons. The molecular weight excluding hydrogens is 527 g/mol. The van der Waals surface area contributed by atoms with Gasteiger partial charge in [-0.1, -0.05) is 26.0 Å². The second kappa shape index (κ2) is 12.0. The maximum atomic E-state index is 12.9. The highest BCUT2D eigenvalue weighted by Gasteiger charge is 2.30. The van der Waals surface area contributed by atoms with Crippen LogP contribution < -0.4 is 4.74 Å². The number of ether oxygens (including phenoxy) is 1. The predicted molar refractivity (Wildman–Crippen MR) is 138 cm³/mol. The molecule has 2 aromatic carbocycles. The van der Waals surface area contributed by atoms with Crippen molar-refractivity contribution in [2.75, 3.05) is 6.54 Å². The summed E-state index contributed by atoms with van der Waals surface area (Å²) < 4.78 is 45.9. The lowest BCUT2D eigenvalue weighted by molar-refractivity contribution is -0.138. The van der Waals surface area contributed by atoms with Gasteiger partial charge in [-0.25, -0.2) is 0 Å². The Morgan fingerprint density at radius 1 is 1.08 bits per heavy atom. The second-order valence-electron chi connectivity index (χ2n) is 9.03. The van der Waals surface area contributed by atoms with Gasteiger partial charge in [0.25, 0.3) is 5.91 Å². The van der Waals surface area contributed by atoms with Crippen molar-refractivity contribution in [1.82, 2.24) is 4.42 Å². The number of carboxylic acids is 1. The highest BCUT2D eigenvalue weighted by atomic mass is 35.5. The number of carbonyl (C=O) groups is 2. The maximum absolute atomic E-state index is 12.9. The average molecular weight is 554 g/mol. The Bertz CT molecular complexity index is 1220. The maximum Gasteiger partial charge on any atom is 0.416 e. The summed E-state index contributed by atoms with van der Waals surface area (Å²) in [7, 11) is 0. The van der Waals surface area contributed by atoms with Crippen LogP contribution >= 0.6 is 23.1 Å². The molecule has 1 N–H and O–H groups in total. The van der Waals surface area contributed by atoms with E-state index in [9.17, 15) is 22.8 Å². The summed E-state index contributed by atoms with van der Waals surface area (Å²) in [5, 5.41) is 8.76. The van der Waals surface area contributed by atoms with E-state index in [1.807, 2.05) is 13.0 Å². The lowest BCUT2D eigenvalue weighted by Gasteiger charge is -2.21. The standard InChI is InChI=1S/C27H27ClF3NO4S/c1-16(2)14-22(36-21-10-6-19(7-11-21)26(35)32(28)13-12-24(33)34)25-17(3)15-23(37-25)18-4-8-20(9-5-18)27(29,30)31/h4-11,15-16,22H,12-14H2,1-3H3,(H,33,34). The summed E-state index contributed by atoms with van der Waals surface area (Å²) in [5.74, 6) is -0.717. The van der Waals surface area contributed by atoms with Crippen molar-refractivity contribution in [2.45, 2.75) is 45.9 Å². The molecule has 1 atom stereocenters. The highest BCUT2D eigenvalue weighted by Crippen LogP contribution is 2.40. The van der Waals surface area contributed by atoms with Crippen LogP contribution in [0.4, 0.5) is 13.2 Å². The van der Waals surface area contributed by atoms with Gasteiger partial charge in [0, 0.05) is 33.6 Å². The normalized spacial score (nSPS) is 12.4. The van der Waals surface area contributed by atoms with Crippen LogP contribution in [0.3, 0.4) is 0 Å². The number of carboxylic acid groups (broad SMARTS) is 1. The van der Waals surface area contributed by atoms with Gasteiger partial charge in [0.05, 0.1) is 12.0 Å². The highest BCUT2D eigenvalue weighted by molar-refractivity contribution is 7.15. The van der Waals surface area contributed by atoms with Gasteiger partial charge >= 0.3 is 12.1 Å². The van der Waals surface area contributed by atoms with E-state index < -0.39 is 23.6 Å². The molecule has 10 heteroatoms. The third kappa shape index (κ3) is 7.72. The molecule has 1 unspecified atom stereocenters. The van der Waals surface area contributed by atoms with Crippen molar-refractivity contribution in [3.63, 3.8) is 0 Å². The zero-order valence-corrected chi connectivity index (χ0v) is 22.1. The molecule has 1 aromatic heterocycles. The Labute approximate surface area is 222 Å². The summed E-state index contributed by atoms with van der Waals surface area (Å²) in [5.41, 5.74) is 1.29. The van der Waals surface area contributed by atoms with Crippen LogP contribution in [0.25, 0.3) is 10.4 Å². The monoisotopic (exact) mass is 553 g/mol. The first-order valence-electron chi connectivity index (χ1n) is 11.6. The van der Waals surface area contributed by atoms with Crippen LogP contribution in [0, 0.1) is 12.8 Å². The van der Waals surface area contributed by atoms with Crippen LogP contribution in [-0.4, -0.2) is 27.9 Å². The molecule has 0 aliphatic carbocycles. The lowest BCUT2D eigenvalue weighted by atomic mass is 10.0. The zero-order chi connectivity index (χ0) is 27.3. The summed E-state index contributed by atoms with van der Waals surface area (Å²) in [6, 6.07) is 13.5. The van der Waals surface area contributed by atoms with Gasteiger partial charge in [-0.05, 0) is 72.9 Å². The van der Waals surface area contributed by atoms with Gasteiger partial charge in [-0.15, -0.1) is 11.3 Å². The third-order valence-electron chi connectivity index (χ3n) is 5.55. The molecule has 1 amide bonds. The minimum Gasteiger partial charge on any atom is -0.485 e. The number of nitrogens with zero attached hydrogens (tertiary/aromatic N) is 1. The van der Waals surface area contributed by atoms with Crippen molar-refractivity contribution in [1.29, 1.82) is 0 Å². The molecule has 0 saturated heterocycles. The Morgan fingerprint density at radius 2 is 1.70 bits per heavy atom. The van der Waals surface area contributed by atoms with E-state index in [-0.39, 0.29) is 19.1 Å². The molecule has 0 bridgehead atoms. The van der Waals surface area contributed by atoms with Crippen LogP contribution in [-0.2, 0) is 11.0 Å². The van der Waals surface area contributed by atoms with Crippen molar-refractivity contribution in [3.05, 3.63) is 76.2 Å². The zero-order valence-electron chi connectivity index (χ0n) is 20.5. The third-order valence-corrected chi connectivity index (χ3v) is 7.25. The Morgan fingerprint density at radius 3 is 2.24 bits per heavy atom. The first-order valence-corrected chi connectivity index (χ1v) is 12.7. The summed E-state index contributed by atoms with van der Waals surface area (Å²) in [6.07, 6.45) is -4.23. The van der Waals surface area contributed by atoms with E-state index in [0.717, 1.165) is 31.9 Å². The number of alkyl halides is 3. The van der Waals surface area contributed by atoms with Crippen LogP contribution in [0.15, 0.2) is 54.6 Å². The molecule has 0 saturated carbocycles. The topological polar surface area (TPSA) is 66.8 Å². The Balaban J connectivity index is 1.79. The molecule has 0 spiro atoms. The van der Waals surface area contributed by atoms with Gasteiger partial charge < -0.3 is 9.84 Å². The van der Waals surface area contributed by atoms with Gasteiger partial charge in [-0.2, -0.15) is 13.2 Å². The first-order chi connectivity index (χ1) is 17.3. The molecular formula is C27H27ClF3NO4S. The minimum atomic E-state index is -4.38. The molecule has 3 rings (SSSR count).